The van der Waals surface area contributed by atoms with Crippen LogP contribution in [-0.4, -0.2) is 12.5 Å². The summed E-state index contributed by atoms with van der Waals surface area (Å²) in [6, 6.07) is 8.90. The fourth-order valence-electron chi connectivity index (χ4n) is 0.739. The molecule has 0 heterocycles. The molecule has 3 heteroatoms. The minimum Gasteiger partial charge on any atom is -0.449 e. The predicted octanol–water partition coefficient (Wildman–Crippen LogP) is -0.473. The molecule has 1 aromatic rings. The third-order valence-electron chi connectivity index (χ3n) is 1.24. The van der Waals surface area contributed by atoms with Crippen LogP contribution in [0.2, 0.25) is 0 Å². The highest BCUT2D eigenvalue weighted by atomic mass is 16.2. The minimum absolute atomic E-state index is 0.00444. The summed E-state index contributed by atoms with van der Waals surface area (Å²) in [7, 11) is -0.00444. The van der Waals surface area contributed by atoms with Crippen LogP contribution in [-0.2, 0) is 0 Å². The van der Waals surface area contributed by atoms with Gasteiger partial charge in [0.15, 0.2) is 0 Å². The van der Waals surface area contributed by atoms with Crippen LogP contribution >= 0.6 is 0 Å². The molecule has 0 atom stereocenters. The monoisotopic (exact) mass is 131 g/mol. The Labute approximate surface area is 60.0 Å². The first-order valence-electron chi connectivity index (χ1n) is 2.96. The molecular formula is C7H6BNO. The number of benzene rings is 1. The molecule has 0 saturated carbocycles. The smallest absolute Gasteiger partial charge is 0.304 e. The Morgan fingerprint density at radius 3 is 2.90 bits per heavy atom. The van der Waals surface area contributed by atoms with Gasteiger partial charge < -0.3 is 5.02 Å². The van der Waals surface area contributed by atoms with Crippen LogP contribution in [0.3, 0.4) is 0 Å². The molecule has 0 aromatic heterocycles. The van der Waals surface area contributed by atoms with Gasteiger partial charge >= 0.3 is 7.48 Å². The van der Waals surface area contributed by atoms with Crippen molar-refractivity contribution < 1.29 is 5.02 Å². The standard InChI is InChI=1S/C7H6BNO/c9-5-6-2-1-3-7(4-6)8-10/h1-4,8,10H. The zero-order valence-electron chi connectivity index (χ0n) is 5.41. The van der Waals surface area contributed by atoms with E-state index in [-0.39, 0.29) is 7.48 Å². The van der Waals surface area contributed by atoms with Gasteiger partial charge in [0.2, 0.25) is 0 Å². The van der Waals surface area contributed by atoms with Crippen molar-refractivity contribution in [2.75, 3.05) is 0 Å². The van der Waals surface area contributed by atoms with Gasteiger partial charge in [-0.1, -0.05) is 17.6 Å². The average Bonchev–Trinajstić information content (AvgIpc) is 2.05. The van der Waals surface area contributed by atoms with Crippen molar-refractivity contribution in [2.24, 2.45) is 0 Å². The molecule has 0 aliphatic heterocycles. The second kappa shape index (κ2) is 3.04. The largest absolute Gasteiger partial charge is 0.449 e. The van der Waals surface area contributed by atoms with Gasteiger partial charge in [0.05, 0.1) is 11.6 Å². The van der Waals surface area contributed by atoms with E-state index in [2.05, 4.69) is 0 Å². The topological polar surface area (TPSA) is 44.0 Å². The normalized spacial score (nSPS) is 8.40. The number of hydrogen-bond donors (Lipinski definition) is 1. The quantitative estimate of drug-likeness (QED) is 0.523. The molecule has 0 spiro atoms. The first-order chi connectivity index (χ1) is 4.86. The van der Waals surface area contributed by atoms with E-state index in [1.165, 1.54) is 0 Å². The fraction of sp³-hybridized carbons (Fsp3) is 0. The molecule has 0 fully saturated rings. The van der Waals surface area contributed by atoms with Crippen molar-refractivity contribution in [1.29, 1.82) is 5.26 Å². The Bertz CT molecular complexity index is 267. The van der Waals surface area contributed by atoms with Crippen LogP contribution in [0.5, 0.6) is 0 Å². The highest BCUT2D eigenvalue weighted by Crippen LogP contribution is 1.91. The van der Waals surface area contributed by atoms with Gasteiger partial charge in [0.25, 0.3) is 0 Å². The van der Waals surface area contributed by atoms with Crippen LogP contribution in [0, 0.1) is 11.3 Å². The van der Waals surface area contributed by atoms with Gasteiger partial charge in [-0.2, -0.15) is 5.26 Å². The molecule has 48 valence electrons. The number of rotatable bonds is 1. The van der Waals surface area contributed by atoms with E-state index in [0.717, 1.165) is 5.46 Å². The van der Waals surface area contributed by atoms with Gasteiger partial charge in [-0.3, -0.25) is 0 Å². The van der Waals surface area contributed by atoms with Crippen molar-refractivity contribution in [3.05, 3.63) is 29.8 Å². The van der Waals surface area contributed by atoms with E-state index in [1.54, 1.807) is 24.3 Å². The molecule has 0 saturated heterocycles. The van der Waals surface area contributed by atoms with Crippen molar-refractivity contribution in [1.82, 2.24) is 0 Å². The summed E-state index contributed by atoms with van der Waals surface area (Å²) in [5.41, 5.74) is 1.37. The molecule has 0 amide bonds. The average molecular weight is 131 g/mol. The maximum absolute atomic E-state index is 8.65. The Morgan fingerprint density at radius 2 is 2.30 bits per heavy atom. The molecular weight excluding hydrogens is 125 g/mol. The summed E-state index contributed by atoms with van der Waals surface area (Å²) >= 11 is 0. The van der Waals surface area contributed by atoms with Crippen molar-refractivity contribution in [3.8, 4) is 6.07 Å². The first-order valence-corrected chi connectivity index (χ1v) is 2.96. The second-order valence-electron chi connectivity index (χ2n) is 1.97. The van der Waals surface area contributed by atoms with E-state index in [9.17, 15) is 0 Å². The van der Waals surface area contributed by atoms with Crippen LogP contribution in [0.25, 0.3) is 0 Å². The van der Waals surface area contributed by atoms with Gasteiger partial charge in [0.1, 0.15) is 0 Å². The van der Waals surface area contributed by atoms with Gasteiger partial charge in [-0.05, 0) is 12.1 Å². The summed E-state index contributed by atoms with van der Waals surface area (Å²) in [5.74, 6) is 0. The van der Waals surface area contributed by atoms with Crippen molar-refractivity contribution in [3.63, 3.8) is 0 Å². The third-order valence-corrected chi connectivity index (χ3v) is 1.24. The molecule has 0 unspecified atom stereocenters. The number of nitriles is 1. The van der Waals surface area contributed by atoms with Crippen LogP contribution in [0.15, 0.2) is 24.3 Å². The summed E-state index contributed by atoms with van der Waals surface area (Å²) in [4.78, 5) is 0. The molecule has 0 bridgehead atoms. The molecule has 2 nitrogen and oxygen atoms in total. The minimum atomic E-state index is -0.00444. The zero-order valence-corrected chi connectivity index (χ0v) is 5.41. The second-order valence-corrected chi connectivity index (χ2v) is 1.97. The fourth-order valence-corrected chi connectivity index (χ4v) is 0.739. The Morgan fingerprint density at radius 1 is 1.50 bits per heavy atom. The number of hydrogen-bond acceptors (Lipinski definition) is 2. The zero-order chi connectivity index (χ0) is 7.40. The van der Waals surface area contributed by atoms with E-state index >= 15 is 0 Å². The Kier molecular flexibility index (Phi) is 2.09. The van der Waals surface area contributed by atoms with Crippen molar-refractivity contribution in [2.45, 2.75) is 0 Å². The van der Waals surface area contributed by atoms with E-state index in [0.29, 0.717) is 5.56 Å². The Hall–Kier alpha value is -1.27. The molecule has 0 aliphatic rings. The molecule has 0 radical (unpaired) electrons. The molecule has 0 aliphatic carbocycles. The van der Waals surface area contributed by atoms with Gasteiger partial charge in [0, 0.05) is 0 Å². The summed E-state index contributed by atoms with van der Waals surface area (Å²) in [6.07, 6.45) is 0. The van der Waals surface area contributed by atoms with Crippen molar-refractivity contribution >= 4 is 12.9 Å². The molecule has 1 aromatic carbocycles. The maximum atomic E-state index is 8.65. The third kappa shape index (κ3) is 1.37. The lowest BCUT2D eigenvalue weighted by molar-refractivity contribution is 0.615. The predicted molar refractivity (Wildman–Crippen MR) is 40.2 cm³/mol. The SMILES string of the molecule is N#Cc1cccc(BO)c1. The lowest BCUT2D eigenvalue weighted by atomic mass is 9.88. The summed E-state index contributed by atoms with van der Waals surface area (Å²) in [5, 5.41) is 17.1. The lowest BCUT2D eigenvalue weighted by Gasteiger charge is -1.91. The van der Waals surface area contributed by atoms with E-state index in [1.807, 2.05) is 6.07 Å². The number of nitrogens with zero attached hydrogens (tertiary/aromatic N) is 1. The molecule has 1 rings (SSSR count). The Balaban J connectivity index is 3.01. The summed E-state index contributed by atoms with van der Waals surface area (Å²) < 4.78 is 0. The van der Waals surface area contributed by atoms with E-state index < -0.39 is 0 Å². The highest BCUT2D eigenvalue weighted by molar-refractivity contribution is 6.45. The van der Waals surface area contributed by atoms with E-state index in [4.69, 9.17) is 10.3 Å². The maximum Gasteiger partial charge on any atom is 0.304 e. The van der Waals surface area contributed by atoms with Crippen LogP contribution in [0.1, 0.15) is 5.56 Å². The highest BCUT2D eigenvalue weighted by Gasteiger charge is 1.92. The molecule has 10 heavy (non-hydrogen) atoms. The first kappa shape index (κ1) is 6.85. The van der Waals surface area contributed by atoms with Crippen LogP contribution < -0.4 is 5.46 Å². The lowest BCUT2D eigenvalue weighted by Crippen LogP contribution is -2.12. The van der Waals surface area contributed by atoms with Gasteiger partial charge in [-0.25, -0.2) is 0 Å². The molecule has 1 N–H and O–H groups in total. The van der Waals surface area contributed by atoms with Crippen LogP contribution in [0.4, 0.5) is 0 Å². The summed E-state index contributed by atoms with van der Waals surface area (Å²) in [6.45, 7) is 0. The van der Waals surface area contributed by atoms with Gasteiger partial charge in [-0.15, -0.1) is 0 Å².